The standard InChI is InChI=1S/C8H11N3O2S/c1-11-3-2-5(10-11)7-9-6(4-14-7)8(12)13/h2-3,6-7,9H,4H2,1H3,(H,12,13). The zero-order valence-corrected chi connectivity index (χ0v) is 8.49. The van der Waals surface area contributed by atoms with Gasteiger partial charge in [0.05, 0.1) is 11.1 Å². The van der Waals surface area contributed by atoms with E-state index in [1.807, 2.05) is 19.3 Å². The second-order valence-corrected chi connectivity index (χ2v) is 4.32. The minimum atomic E-state index is -0.795. The summed E-state index contributed by atoms with van der Waals surface area (Å²) in [6.45, 7) is 0. The predicted octanol–water partition coefficient (Wildman–Crippen LogP) is 0.208. The molecule has 1 saturated heterocycles. The molecule has 2 unspecified atom stereocenters. The molecule has 5 nitrogen and oxygen atoms in total. The van der Waals surface area contributed by atoms with Crippen LogP contribution in [0.5, 0.6) is 0 Å². The van der Waals surface area contributed by atoms with Gasteiger partial charge in [-0.2, -0.15) is 5.10 Å². The van der Waals surface area contributed by atoms with Crippen molar-refractivity contribution in [3.8, 4) is 0 Å². The van der Waals surface area contributed by atoms with Crippen LogP contribution in [0.15, 0.2) is 12.3 Å². The van der Waals surface area contributed by atoms with Crippen molar-refractivity contribution in [1.82, 2.24) is 15.1 Å². The number of aliphatic carboxylic acids is 1. The summed E-state index contributed by atoms with van der Waals surface area (Å²) in [4.78, 5) is 10.7. The number of nitrogens with one attached hydrogen (secondary N) is 1. The second kappa shape index (κ2) is 3.62. The van der Waals surface area contributed by atoms with E-state index in [0.717, 1.165) is 5.69 Å². The molecule has 2 atom stereocenters. The fourth-order valence-electron chi connectivity index (χ4n) is 1.36. The van der Waals surface area contributed by atoms with Crippen LogP contribution in [-0.4, -0.2) is 32.7 Å². The number of carboxylic acid groups (broad SMARTS) is 1. The number of aryl methyl sites for hydroxylation is 1. The summed E-state index contributed by atoms with van der Waals surface area (Å²) in [6, 6.07) is 1.45. The van der Waals surface area contributed by atoms with Gasteiger partial charge in [-0.05, 0) is 6.07 Å². The Morgan fingerprint density at radius 3 is 3.14 bits per heavy atom. The highest BCUT2D eigenvalue weighted by Gasteiger charge is 2.31. The molecule has 6 heteroatoms. The SMILES string of the molecule is Cn1ccc(C2NC(C(=O)O)CS2)n1. The summed E-state index contributed by atoms with van der Waals surface area (Å²) in [7, 11) is 1.85. The molecule has 2 rings (SSSR count). The number of hydrogen-bond acceptors (Lipinski definition) is 4. The lowest BCUT2D eigenvalue weighted by Crippen LogP contribution is -2.33. The largest absolute Gasteiger partial charge is 0.480 e. The van der Waals surface area contributed by atoms with Gasteiger partial charge < -0.3 is 5.11 Å². The average Bonchev–Trinajstić information content (AvgIpc) is 2.70. The minimum absolute atomic E-state index is 0.0114. The molecule has 0 saturated carbocycles. The Balaban J connectivity index is 2.05. The number of aromatic nitrogens is 2. The molecule has 76 valence electrons. The molecule has 1 aromatic rings. The molecular weight excluding hydrogens is 202 g/mol. The Labute approximate surface area is 85.5 Å². The van der Waals surface area contributed by atoms with Crippen LogP contribution in [0.4, 0.5) is 0 Å². The maximum Gasteiger partial charge on any atom is 0.321 e. The summed E-state index contributed by atoms with van der Waals surface area (Å²) < 4.78 is 1.71. The first-order chi connectivity index (χ1) is 6.66. The van der Waals surface area contributed by atoms with E-state index in [0.29, 0.717) is 5.75 Å². The van der Waals surface area contributed by atoms with Crippen LogP contribution in [0.2, 0.25) is 0 Å². The highest BCUT2D eigenvalue weighted by molar-refractivity contribution is 7.99. The molecule has 0 aromatic carbocycles. The van der Waals surface area contributed by atoms with Crippen molar-refractivity contribution < 1.29 is 9.90 Å². The lowest BCUT2D eigenvalue weighted by Gasteiger charge is -2.07. The first-order valence-electron chi connectivity index (χ1n) is 4.27. The zero-order valence-electron chi connectivity index (χ0n) is 7.67. The van der Waals surface area contributed by atoms with E-state index >= 15 is 0 Å². The molecule has 0 aliphatic carbocycles. The van der Waals surface area contributed by atoms with E-state index in [2.05, 4.69) is 10.4 Å². The van der Waals surface area contributed by atoms with E-state index in [9.17, 15) is 4.79 Å². The summed E-state index contributed by atoms with van der Waals surface area (Å²) in [5.74, 6) is -0.202. The number of thioether (sulfide) groups is 1. The van der Waals surface area contributed by atoms with Crippen molar-refractivity contribution in [2.75, 3.05) is 5.75 Å². The van der Waals surface area contributed by atoms with Gasteiger partial charge in [-0.3, -0.25) is 14.8 Å². The second-order valence-electron chi connectivity index (χ2n) is 3.19. The quantitative estimate of drug-likeness (QED) is 0.735. The number of carbonyl (C=O) groups is 1. The van der Waals surface area contributed by atoms with Gasteiger partial charge in [0.1, 0.15) is 6.04 Å². The van der Waals surface area contributed by atoms with Gasteiger partial charge in [0.2, 0.25) is 0 Å². The Kier molecular flexibility index (Phi) is 2.47. The Hall–Kier alpha value is -1.01. The number of hydrogen-bond donors (Lipinski definition) is 2. The van der Waals surface area contributed by atoms with Crippen molar-refractivity contribution in [3.63, 3.8) is 0 Å². The smallest absolute Gasteiger partial charge is 0.321 e. The van der Waals surface area contributed by atoms with Crippen molar-refractivity contribution in [2.45, 2.75) is 11.4 Å². The van der Waals surface area contributed by atoms with Crippen molar-refractivity contribution in [1.29, 1.82) is 0 Å². The average molecular weight is 213 g/mol. The molecule has 1 fully saturated rings. The van der Waals surface area contributed by atoms with Crippen LogP contribution in [0, 0.1) is 0 Å². The van der Waals surface area contributed by atoms with Crippen molar-refractivity contribution >= 4 is 17.7 Å². The summed E-state index contributed by atoms with van der Waals surface area (Å²) in [5, 5.41) is 16.0. The van der Waals surface area contributed by atoms with Crippen LogP contribution in [-0.2, 0) is 11.8 Å². The van der Waals surface area contributed by atoms with Gasteiger partial charge >= 0.3 is 5.97 Å². The number of rotatable bonds is 2. The topological polar surface area (TPSA) is 67.2 Å². The van der Waals surface area contributed by atoms with E-state index in [-0.39, 0.29) is 5.37 Å². The molecule has 0 amide bonds. The van der Waals surface area contributed by atoms with E-state index in [4.69, 9.17) is 5.11 Å². The number of nitrogens with zero attached hydrogens (tertiary/aromatic N) is 2. The predicted molar refractivity (Wildman–Crippen MR) is 53.0 cm³/mol. The maximum absolute atomic E-state index is 10.7. The molecule has 14 heavy (non-hydrogen) atoms. The lowest BCUT2D eigenvalue weighted by molar-refractivity contribution is -0.138. The molecule has 1 aliphatic heterocycles. The van der Waals surface area contributed by atoms with Crippen LogP contribution in [0.1, 0.15) is 11.1 Å². The molecule has 0 bridgehead atoms. The molecule has 0 radical (unpaired) electrons. The molecular formula is C8H11N3O2S. The normalized spacial score (nSPS) is 26.6. The van der Waals surface area contributed by atoms with Crippen molar-refractivity contribution in [3.05, 3.63) is 18.0 Å². The third kappa shape index (κ3) is 1.76. The fourth-order valence-corrected chi connectivity index (χ4v) is 2.54. The third-order valence-electron chi connectivity index (χ3n) is 2.08. The molecule has 2 N–H and O–H groups in total. The minimum Gasteiger partial charge on any atom is -0.480 e. The first-order valence-corrected chi connectivity index (χ1v) is 5.31. The summed E-state index contributed by atoms with van der Waals surface area (Å²) in [6.07, 6.45) is 1.85. The first kappa shape index (κ1) is 9.54. The molecule has 0 spiro atoms. The van der Waals surface area contributed by atoms with Crippen LogP contribution in [0.3, 0.4) is 0 Å². The van der Waals surface area contributed by atoms with Crippen LogP contribution < -0.4 is 5.32 Å². The highest BCUT2D eigenvalue weighted by Crippen LogP contribution is 2.31. The zero-order chi connectivity index (χ0) is 10.1. The number of carboxylic acids is 1. The van der Waals surface area contributed by atoms with Gasteiger partial charge in [-0.1, -0.05) is 0 Å². The lowest BCUT2D eigenvalue weighted by atomic mass is 10.3. The molecule has 1 aromatic heterocycles. The van der Waals surface area contributed by atoms with Crippen LogP contribution >= 0.6 is 11.8 Å². The molecule has 2 heterocycles. The van der Waals surface area contributed by atoms with Crippen molar-refractivity contribution in [2.24, 2.45) is 7.05 Å². The Bertz CT molecular complexity index is 352. The van der Waals surface area contributed by atoms with Crippen LogP contribution in [0.25, 0.3) is 0 Å². The fraction of sp³-hybridized carbons (Fsp3) is 0.500. The Morgan fingerprint density at radius 1 is 1.86 bits per heavy atom. The summed E-state index contributed by atoms with van der Waals surface area (Å²) >= 11 is 1.58. The van der Waals surface area contributed by atoms with E-state index in [1.54, 1.807) is 16.4 Å². The van der Waals surface area contributed by atoms with Gasteiger partial charge in [-0.15, -0.1) is 11.8 Å². The van der Waals surface area contributed by atoms with Gasteiger partial charge in [0, 0.05) is 19.0 Å². The van der Waals surface area contributed by atoms with Gasteiger partial charge in [0.15, 0.2) is 0 Å². The van der Waals surface area contributed by atoms with Gasteiger partial charge in [0.25, 0.3) is 0 Å². The maximum atomic E-state index is 10.7. The Morgan fingerprint density at radius 2 is 2.64 bits per heavy atom. The third-order valence-corrected chi connectivity index (χ3v) is 3.32. The summed E-state index contributed by atoms with van der Waals surface area (Å²) in [5.41, 5.74) is 0.890. The van der Waals surface area contributed by atoms with Gasteiger partial charge in [-0.25, -0.2) is 0 Å². The van der Waals surface area contributed by atoms with E-state index < -0.39 is 12.0 Å². The van der Waals surface area contributed by atoms with E-state index in [1.165, 1.54) is 0 Å². The molecule has 1 aliphatic rings. The highest BCUT2D eigenvalue weighted by atomic mass is 32.2. The monoisotopic (exact) mass is 213 g/mol.